The Morgan fingerprint density at radius 3 is 2.52 bits per heavy atom. The van der Waals surface area contributed by atoms with Gasteiger partial charge in [0.05, 0.1) is 4.92 Å². The van der Waals surface area contributed by atoms with Gasteiger partial charge in [-0.3, -0.25) is 10.1 Å². The second-order valence-electron chi connectivity index (χ2n) is 6.00. The minimum Gasteiger partial charge on any atom is -0.371 e. The van der Waals surface area contributed by atoms with Crippen LogP contribution in [-0.2, 0) is 0 Å². The molecule has 25 heavy (non-hydrogen) atoms. The Balaban J connectivity index is 1.59. The topological polar surface area (TPSA) is 59.3 Å². The Kier molecular flexibility index (Phi) is 5.10. The highest BCUT2D eigenvalue weighted by molar-refractivity contribution is 5.51. The molecule has 2 aromatic rings. The van der Waals surface area contributed by atoms with E-state index < -0.39 is 0 Å². The van der Waals surface area contributed by atoms with Gasteiger partial charge in [-0.2, -0.15) is 0 Å². The van der Waals surface area contributed by atoms with Crippen LogP contribution in [0.2, 0.25) is 0 Å². The van der Waals surface area contributed by atoms with Crippen LogP contribution in [0.4, 0.5) is 11.4 Å². The summed E-state index contributed by atoms with van der Waals surface area (Å²) in [4.78, 5) is 17.0. The van der Waals surface area contributed by atoms with Crippen LogP contribution in [0.5, 0.6) is 0 Å². The molecule has 0 bridgehead atoms. The largest absolute Gasteiger partial charge is 0.371 e. The molecule has 1 fully saturated rings. The summed E-state index contributed by atoms with van der Waals surface area (Å²) in [7, 11) is 0. The average Bonchev–Trinajstić information content (AvgIpc) is 2.62. The summed E-state index contributed by atoms with van der Waals surface area (Å²) in [6, 6.07) is 12.6. The number of piperidine rings is 1. The molecule has 2 heterocycles. The number of aryl methyl sites for hydroxylation is 1. The zero-order valence-electron chi connectivity index (χ0n) is 14.1. The van der Waals surface area contributed by atoms with Gasteiger partial charge in [-0.05, 0) is 56.0 Å². The number of anilines is 1. The maximum absolute atomic E-state index is 10.7. The molecule has 1 saturated heterocycles. The molecule has 1 aliphatic rings. The van der Waals surface area contributed by atoms with Gasteiger partial charge in [0, 0.05) is 36.6 Å². The number of aromatic nitrogens is 1. The second kappa shape index (κ2) is 7.63. The standard InChI is InChI=1S/C20H19N3O2/c1-16-4-2-6-18(21-16)7-3-5-17-12-14-22(15-13-17)19-8-10-20(11-9-19)23(24)25/h2,4-6,8-11H,12-15H2,1H3. The fraction of sp³-hybridized carbons (Fsp3) is 0.250. The number of nitrogens with zero attached hydrogens (tertiary/aromatic N) is 3. The van der Waals surface area contributed by atoms with Crippen LogP contribution in [0, 0.1) is 28.9 Å². The molecule has 5 heteroatoms. The smallest absolute Gasteiger partial charge is 0.269 e. The van der Waals surface area contributed by atoms with E-state index in [2.05, 4.69) is 21.7 Å². The van der Waals surface area contributed by atoms with Crippen LogP contribution in [-0.4, -0.2) is 23.0 Å². The Hall–Kier alpha value is -3.13. The number of non-ortho nitro benzene ring substituents is 1. The number of rotatable bonds is 2. The van der Waals surface area contributed by atoms with E-state index in [9.17, 15) is 10.1 Å². The van der Waals surface area contributed by atoms with Crippen molar-refractivity contribution in [3.05, 3.63) is 75.6 Å². The highest BCUT2D eigenvalue weighted by Gasteiger charge is 2.15. The van der Waals surface area contributed by atoms with E-state index in [-0.39, 0.29) is 10.6 Å². The van der Waals surface area contributed by atoms with Gasteiger partial charge in [-0.15, -0.1) is 0 Å². The third-order valence-corrected chi connectivity index (χ3v) is 4.20. The molecule has 0 radical (unpaired) electrons. The highest BCUT2D eigenvalue weighted by Crippen LogP contribution is 2.24. The molecule has 3 rings (SSSR count). The van der Waals surface area contributed by atoms with E-state index >= 15 is 0 Å². The van der Waals surface area contributed by atoms with Gasteiger partial charge in [0.1, 0.15) is 5.69 Å². The van der Waals surface area contributed by atoms with Gasteiger partial charge in [0.15, 0.2) is 0 Å². The molecule has 126 valence electrons. The van der Waals surface area contributed by atoms with Crippen LogP contribution in [0.25, 0.3) is 0 Å². The molecule has 0 aliphatic carbocycles. The fourth-order valence-corrected chi connectivity index (χ4v) is 2.81. The molecule has 0 atom stereocenters. The fourth-order valence-electron chi connectivity index (χ4n) is 2.81. The minimum absolute atomic E-state index is 0.126. The highest BCUT2D eigenvalue weighted by atomic mass is 16.6. The molecule has 0 spiro atoms. The summed E-state index contributed by atoms with van der Waals surface area (Å²) < 4.78 is 0. The first-order chi connectivity index (χ1) is 12.1. The van der Waals surface area contributed by atoms with Gasteiger partial charge in [0.25, 0.3) is 5.69 Å². The van der Waals surface area contributed by atoms with E-state index in [1.807, 2.05) is 43.3 Å². The first-order valence-corrected chi connectivity index (χ1v) is 8.24. The Morgan fingerprint density at radius 1 is 1.16 bits per heavy atom. The number of hydrogen-bond acceptors (Lipinski definition) is 4. The maximum atomic E-state index is 10.7. The van der Waals surface area contributed by atoms with Crippen molar-refractivity contribution < 1.29 is 4.92 Å². The van der Waals surface area contributed by atoms with Crippen molar-refractivity contribution in [2.24, 2.45) is 0 Å². The molecule has 0 N–H and O–H groups in total. The van der Waals surface area contributed by atoms with Crippen molar-refractivity contribution in [3.63, 3.8) is 0 Å². The van der Waals surface area contributed by atoms with Crippen molar-refractivity contribution in [1.82, 2.24) is 4.98 Å². The van der Waals surface area contributed by atoms with Gasteiger partial charge in [-0.1, -0.05) is 17.6 Å². The Labute approximate surface area is 147 Å². The second-order valence-corrected chi connectivity index (χ2v) is 6.00. The Morgan fingerprint density at radius 2 is 1.88 bits per heavy atom. The van der Waals surface area contributed by atoms with Gasteiger partial charge < -0.3 is 4.90 Å². The van der Waals surface area contributed by atoms with Crippen molar-refractivity contribution in [2.45, 2.75) is 19.8 Å². The normalized spacial score (nSPS) is 13.8. The third kappa shape index (κ3) is 4.45. The van der Waals surface area contributed by atoms with E-state index in [1.165, 1.54) is 5.57 Å². The zero-order chi connectivity index (χ0) is 17.6. The lowest BCUT2D eigenvalue weighted by Gasteiger charge is -2.30. The molecule has 0 saturated carbocycles. The molecular formula is C20H19N3O2. The molecule has 0 unspecified atom stereocenters. The van der Waals surface area contributed by atoms with Crippen LogP contribution in [0.3, 0.4) is 0 Å². The predicted octanol–water partition coefficient (Wildman–Crippen LogP) is 3.88. The summed E-state index contributed by atoms with van der Waals surface area (Å²) in [5, 5.41) is 10.7. The van der Waals surface area contributed by atoms with E-state index in [4.69, 9.17) is 0 Å². The minimum atomic E-state index is -0.372. The number of nitro benzene ring substituents is 1. The van der Waals surface area contributed by atoms with Crippen LogP contribution in [0.1, 0.15) is 24.2 Å². The van der Waals surface area contributed by atoms with E-state index in [0.29, 0.717) is 0 Å². The van der Waals surface area contributed by atoms with Crippen LogP contribution >= 0.6 is 0 Å². The van der Waals surface area contributed by atoms with Gasteiger partial charge in [-0.25, -0.2) is 4.98 Å². The number of benzene rings is 1. The van der Waals surface area contributed by atoms with E-state index in [0.717, 1.165) is 43.0 Å². The zero-order valence-corrected chi connectivity index (χ0v) is 14.1. The van der Waals surface area contributed by atoms with Crippen LogP contribution < -0.4 is 4.90 Å². The first-order valence-electron chi connectivity index (χ1n) is 8.24. The number of allylic oxidation sites excluding steroid dienone is 1. The summed E-state index contributed by atoms with van der Waals surface area (Å²) >= 11 is 0. The molecule has 1 aromatic heterocycles. The summed E-state index contributed by atoms with van der Waals surface area (Å²) in [6.07, 6.45) is 3.90. The Bertz CT molecular complexity index is 851. The van der Waals surface area contributed by atoms with Crippen molar-refractivity contribution >= 4 is 11.4 Å². The van der Waals surface area contributed by atoms with Crippen molar-refractivity contribution in [1.29, 1.82) is 0 Å². The first kappa shape index (κ1) is 16.7. The number of hydrogen-bond donors (Lipinski definition) is 0. The SMILES string of the molecule is Cc1cccc(C#CC=C2CCN(c3ccc([N+](=O)[O-])cc3)CC2)n1. The van der Waals surface area contributed by atoms with E-state index in [1.54, 1.807) is 12.1 Å². The number of pyridine rings is 1. The average molecular weight is 333 g/mol. The third-order valence-electron chi connectivity index (χ3n) is 4.20. The van der Waals surface area contributed by atoms with Crippen molar-refractivity contribution in [3.8, 4) is 11.8 Å². The number of nitro groups is 1. The maximum Gasteiger partial charge on any atom is 0.269 e. The summed E-state index contributed by atoms with van der Waals surface area (Å²) in [5.74, 6) is 6.18. The lowest BCUT2D eigenvalue weighted by molar-refractivity contribution is -0.384. The van der Waals surface area contributed by atoms with Gasteiger partial charge in [0.2, 0.25) is 0 Å². The van der Waals surface area contributed by atoms with Crippen LogP contribution in [0.15, 0.2) is 54.1 Å². The lowest BCUT2D eigenvalue weighted by Crippen LogP contribution is -2.30. The predicted molar refractivity (Wildman–Crippen MR) is 98.5 cm³/mol. The molecule has 0 amide bonds. The molecule has 1 aliphatic heterocycles. The quantitative estimate of drug-likeness (QED) is 0.475. The van der Waals surface area contributed by atoms with Gasteiger partial charge >= 0.3 is 0 Å². The molecule has 1 aromatic carbocycles. The van der Waals surface area contributed by atoms with Crippen molar-refractivity contribution in [2.75, 3.05) is 18.0 Å². The summed E-state index contributed by atoms with van der Waals surface area (Å²) in [5.41, 5.74) is 4.25. The summed E-state index contributed by atoms with van der Waals surface area (Å²) in [6.45, 7) is 3.75. The lowest BCUT2D eigenvalue weighted by atomic mass is 10.0. The molecular weight excluding hydrogens is 314 g/mol. The monoisotopic (exact) mass is 333 g/mol. The molecule has 5 nitrogen and oxygen atoms in total.